The van der Waals surface area contributed by atoms with Crippen LogP contribution in [0.2, 0.25) is 0 Å². The zero-order chi connectivity index (χ0) is 22.4. The van der Waals surface area contributed by atoms with E-state index in [1.54, 1.807) is 0 Å². The van der Waals surface area contributed by atoms with Crippen molar-refractivity contribution < 1.29 is 54.7 Å². The number of aliphatic hydroxyl groups is 3. The van der Waals surface area contributed by atoms with Gasteiger partial charge in [-0.2, -0.15) is 0 Å². The Labute approximate surface area is 173 Å². The molecule has 2 heterocycles. The van der Waals surface area contributed by atoms with Crippen molar-refractivity contribution in [2.24, 2.45) is 0 Å². The molecule has 2 aromatic carbocycles. The highest BCUT2D eigenvalue weighted by atomic mass is 16.7. The fourth-order valence-electron chi connectivity index (χ4n) is 3.22. The Bertz CT molecular complexity index is 1120. The van der Waals surface area contributed by atoms with Crippen LogP contribution < -0.4 is 4.74 Å². The van der Waals surface area contributed by atoms with Crippen molar-refractivity contribution in [3.63, 3.8) is 0 Å². The maximum absolute atomic E-state index is 10.2. The number of hydrogen-bond acceptors (Lipinski definition) is 10. The summed E-state index contributed by atoms with van der Waals surface area (Å²) < 4.78 is 16.6. The van der Waals surface area contributed by atoms with Gasteiger partial charge < -0.3 is 50.3 Å². The molecule has 11 nitrogen and oxygen atoms in total. The smallest absolute Gasteiger partial charge is 0.402 e. The molecule has 4 atom stereocenters. The van der Waals surface area contributed by atoms with Crippen LogP contribution in [-0.2, 0) is 4.74 Å². The first kappa shape index (κ1) is 20.8. The molecule has 0 bridgehead atoms. The Morgan fingerprint density at radius 1 is 0.839 bits per heavy atom. The largest absolute Gasteiger partial charge is 0.507 e. The van der Waals surface area contributed by atoms with Crippen LogP contribution in [0.3, 0.4) is 0 Å². The molecule has 0 unspecified atom stereocenters. The SMILES string of the molecule is Oc1cc(O)c2cc(O[C@H]3OC[C@H](O)[C@@H](O)[C@H]3O)c(-c3cc(O)c(O)c(O)c3)[o+]c2c1. The molecule has 11 heteroatoms. The molecule has 0 radical (unpaired) electrons. The van der Waals surface area contributed by atoms with Gasteiger partial charge in [-0.1, -0.05) is 0 Å². The molecule has 0 amide bonds. The zero-order valence-electron chi connectivity index (χ0n) is 15.7. The molecular weight excluding hydrogens is 416 g/mol. The number of benzene rings is 2. The topological polar surface area (TPSA) is 192 Å². The van der Waals surface area contributed by atoms with Gasteiger partial charge in [0, 0.05) is 24.3 Å². The molecule has 1 fully saturated rings. The lowest BCUT2D eigenvalue weighted by Gasteiger charge is -2.34. The summed E-state index contributed by atoms with van der Waals surface area (Å²) >= 11 is 0. The maximum Gasteiger partial charge on any atom is 0.402 e. The van der Waals surface area contributed by atoms with E-state index in [2.05, 4.69) is 0 Å². The predicted molar refractivity (Wildman–Crippen MR) is 103 cm³/mol. The van der Waals surface area contributed by atoms with Gasteiger partial charge in [0.05, 0.1) is 18.2 Å². The van der Waals surface area contributed by atoms with Gasteiger partial charge in [-0.25, -0.2) is 4.42 Å². The molecule has 31 heavy (non-hydrogen) atoms. The summed E-state index contributed by atoms with van der Waals surface area (Å²) in [5.74, 6) is -3.03. The summed E-state index contributed by atoms with van der Waals surface area (Å²) in [6.07, 6.45) is -5.95. The number of aliphatic hydroxyl groups excluding tert-OH is 3. The number of hydrogen-bond donors (Lipinski definition) is 8. The zero-order valence-corrected chi connectivity index (χ0v) is 15.7. The minimum Gasteiger partial charge on any atom is -0.507 e. The Hall–Kier alpha value is -3.51. The number of fused-ring (bicyclic) bond motifs is 1. The van der Waals surface area contributed by atoms with Crippen molar-refractivity contribution in [1.82, 2.24) is 0 Å². The van der Waals surface area contributed by atoms with Gasteiger partial charge in [0.2, 0.25) is 12.0 Å². The molecule has 1 aliphatic rings. The van der Waals surface area contributed by atoms with Crippen LogP contribution in [0.5, 0.6) is 34.5 Å². The van der Waals surface area contributed by atoms with Gasteiger partial charge in [0.15, 0.2) is 17.2 Å². The summed E-state index contributed by atoms with van der Waals surface area (Å²) in [4.78, 5) is 0. The van der Waals surface area contributed by atoms with Crippen LogP contribution in [0, 0.1) is 0 Å². The van der Waals surface area contributed by atoms with Gasteiger partial charge >= 0.3 is 11.3 Å². The molecule has 3 aromatic rings. The molecule has 1 aliphatic heterocycles. The Kier molecular flexibility index (Phi) is 5.11. The number of rotatable bonds is 3. The monoisotopic (exact) mass is 435 g/mol. The second-order valence-corrected chi connectivity index (χ2v) is 7.05. The van der Waals surface area contributed by atoms with E-state index >= 15 is 0 Å². The van der Waals surface area contributed by atoms with Gasteiger partial charge in [-0.05, 0) is 0 Å². The second-order valence-electron chi connectivity index (χ2n) is 7.05. The third kappa shape index (κ3) is 3.70. The van der Waals surface area contributed by atoms with E-state index in [4.69, 9.17) is 13.9 Å². The van der Waals surface area contributed by atoms with E-state index in [0.29, 0.717) is 0 Å². The quantitative estimate of drug-likeness (QED) is 0.214. The van der Waals surface area contributed by atoms with Crippen molar-refractivity contribution in [2.45, 2.75) is 24.6 Å². The van der Waals surface area contributed by atoms with Gasteiger partial charge in [-0.3, -0.25) is 0 Å². The summed E-state index contributed by atoms with van der Waals surface area (Å²) in [6.45, 7) is -0.330. The normalized spacial score (nSPS) is 23.7. The average Bonchev–Trinajstić information content (AvgIpc) is 2.72. The van der Waals surface area contributed by atoms with Crippen molar-refractivity contribution in [3.05, 3.63) is 30.3 Å². The van der Waals surface area contributed by atoms with E-state index < -0.39 is 41.9 Å². The first-order valence-corrected chi connectivity index (χ1v) is 9.06. The minimum atomic E-state index is -1.64. The molecule has 0 aliphatic carbocycles. The number of aromatic hydroxyl groups is 5. The van der Waals surface area contributed by atoms with E-state index in [9.17, 15) is 40.9 Å². The average molecular weight is 435 g/mol. The lowest BCUT2D eigenvalue weighted by molar-refractivity contribution is -0.242. The van der Waals surface area contributed by atoms with Crippen LogP contribution in [0.4, 0.5) is 0 Å². The van der Waals surface area contributed by atoms with Crippen LogP contribution in [0.1, 0.15) is 0 Å². The third-order valence-corrected chi connectivity index (χ3v) is 4.85. The van der Waals surface area contributed by atoms with Crippen LogP contribution >= 0.6 is 0 Å². The summed E-state index contributed by atoms with van der Waals surface area (Å²) in [6, 6.07) is 5.68. The fourth-order valence-corrected chi connectivity index (χ4v) is 3.22. The third-order valence-electron chi connectivity index (χ3n) is 4.85. The highest BCUT2D eigenvalue weighted by Gasteiger charge is 2.40. The maximum atomic E-state index is 10.2. The molecule has 1 aromatic heterocycles. The van der Waals surface area contributed by atoms with Gasteiger partial charge in [0.1, 0.15) is 35.2 Å². The molecule has 1 saturated heterocycles. The first-order chi connectivity index (χ1) is 14.7. The Morgan fingerprint density at radius 2 is 1.52 bits per heavy atom. The molecule has 0 saturated carbocycles. The Balaban J connectivity index is 1.87. The number of ether oxygens (including phenoxy) is 2. The number of phenolic OH excluding ortho intramolecular Hbond substituents is 5. The van der Waals surface area contributed by atoms with E-state index in [1.165, 1.54) is 12.1 Å². The Morgan fingerprint density at radius 3 is 2.19 bits per heavy atom. The minimum absolute atomic E-state index is 0.00692. The molecular formula is C20H19O11+. The summed E-state index contributed by atoms with van der Waals surface area (Å²) in [5.41, 5.74) is 0.0332. The highest BCUT2D eigenvalue weighted by molar-refractivity contribution is 5.88. The number of phenols is 5. The predicted octanol–water partition coefficient (Wildman–Crippen LogP) is 0.727. The van der Waals surface area contributed by atoms with Crippen LogP contribution in [0.15, 0.2) is 34.7 Å². The van der Waals surface area contributed by atoms with E-state index in [1.807, 2.05) is 0 Å². The van der Waals surface area contributed by atoms with Gasteiger partial charge in [-0.15, -0.1) is 0 Å². The molecule has 8 N–H and O–H groups in total. The second kappa shape index (κ2) is 7.63. The molecule has 164 valence electrons. The van der Waals surface area contributed by atoms with Crippen molar-refractivity contribution in [3.8, 4) is 45.8 Å². The van der Waals surface area contributed by atoms with Gasteiger partial charge in [0.25, 0.3) is 0 Å². The standard InChI is InChI=1S/C20H18O11/c21-8-3-10(22)9-5-15(31-20-18(28)17(27)13(25)6-29-20)19(30-14(9)4-8)7-1-11(23)16(26)12(24)2-7/h1-5,13,17-18,20,25,27-28H,6H2,(H4-,21,22,23,24,26)/p+1/t13-,17+,18+,20+/m0/s1. The highest BCUT2D eigenvalue weighted by Crippen LogP contribution is 2.44. The van der Waals surface area contributed by atoms with E-state index in [-0.39, 0.29) is 46.1 Å². The first-order valence-electron chi connectivity index (χ1n) is 9.06. The summed E-state index contributed by atoms with van der Waals surface area (Å²) in [5, 5.41) is 79.0. The van der Waals surface area contributed by atoms with E-state index in [0.717, 1.165) is 18.2 Å². The summed E-state index contributed by atoms with van der Waals surface area (Å²) in [7, 11) is 0. The van der Waals surface area contributed by atoms with Crippen LogP contribution in [-0.4, -0.2) is 72.1 Å². The van der Waals surface area contributed by atoms with Crippen molar-refractivity contribution >= 4 is 11.0 Å². The lowest BCUT2D eigenvalue weighted by atomic mass is 10.1. The molecule has 4 rings (SSSR count). The van der Waals surface area contributed by atoms with Crippen LogP contribution in [0.25, 0.3) is 22.3 Å². The fraction of sp³-hybridized carbons (Fsp3) is 0.250. The van der Waals surface area contributed by atoms with Crippen molar-refractivity contribution in [1.29, 1.82) is 0 Å². The van der Waals surface area contributed by atoms with Crippen molar-refractivity contribution in [2.75, 3.05) is 6.61 Å². The lowest BCUT2D eigenvalue weighted by Crippen LogP contribution is -2.54. The molecule has 0 spiro atoms.